The minimum atomic E-state index is -0.765. The lowest BCUT2D eigenvalue weighted by atomic mass is 9.81. The third-order valence-electron chi connectivity index (χ3n) is 6.08. The highest BCUT2D eigenvalue weighted by Gasteiger charge is 2.55. The van der Waals surface area contributed by atoms with E-state index in [0.717, 1.165) is 24.0 Å². The number of rotatable bonds is 2. The minimum Gasteiger partial charge on any atom is -0.508 e. The van der Waals surface area contributed by atoms with Crippen molar-refractivity contribution in [3.8, 4) is 5.75 Å². The van der Waals surface area contributed by atoms with Crippen molar-refractivity contribution < 1.29 is 19.8 Å². The van der Waals surface area contributed by atoms with Crippen LogP contribution in [0.2, 0.25) is 0 Å². The number of phenolic OH excluding ortho intramolecular Hbond substituents is 1. The fraction of sp³-hybridized carbons (Fsp3) is 0.556. The maximum atomic E-state index is 12.6. The molecule has 6 heteroatoms. The molecule has 1 saturated heterocycles. The monoisotopic (exact) mass is 330 g/mol. The molecule has 3 N–H and O–H groups in total. The fourth-order valence-corrected chi connectivity index (χ4v) is 4.79. The number of aromatic hydroxyl groups is 1. The molecule has 6 nitrogen and oxygen atoms in total. The Bertz CT molecular complexity index is 704. The average molecular weight is 330 g/mol. The van der Waals surface area contributed by atoms with Crippen LogP contribution in [0.5, 0.6) is 5.75 Å². The van der Waals surface area contributed by atoms with Crippen molar-refractivity contribution in [3.63, 3.8) is 0 Å². The molecule has 1 aromatic rings. The number of phenols is 1. The van der Waals surface area contributed by atoms with Gasteiger partial charge in [-0.2, -0.15) is 0 Å². The third kappa shape index (κ3) is 2.24. The number of aliphatic carboxylic acids is 1. The molecule has 0 bridgehead atoms. The van der Waals surface area contributed by atoms with Gasteiger partial charge < -0.3 is 20.4 Å². The second kappa shape index (κ2) is 5.40. The van der Waals surface area contributed by atoms with E-state index in [1.54, 1.807) is 11.0 Å². The molecule has 0 spiro atoms. The van der Waals surface area contributed by atoms with Crippen molar-refractivity contribution in [1.82, 2.24) is 10.2 Å². The lowest BCUT2D eigenvalue weighted by molar-refractivity contribution is -0.149. The van der Waals surface area contributed by atoms with Crippen LogP contribution in [-0.2, 0) is 17.6 Å². The van der Waals surface area contributed by atoms with Gasteiger partial charge in [0.1, 0.15) is 5.75 Å². The zero-order chi connectivity index (χ0) is 16.9. The van der Waals surface area contributed by atoms with E-state index in [1.165, 1.54) is 0 Å². The first-order valence-electron chi connectivity index (χ1n) is 8.58. The summed E-state index contributed by atoms with van der Waals surface area (Å²) in [5.41, 5.74) is 1.23. The molecule has 128 valence electrons. The summed E-state index contributed by atoms with van der Waals surface area (Å²) >= 11 is 0. The lowest BCUT2D eigenvalue weighted by Gasteiger charge is -2.24. The van der Waals surface area contributed by atoms with Crippen molar-refractivity contribution in [3.05, 3.63) is 29.3 Å². The van der Waals surface area contributed by atoms with Crippen LogP contribution >= 0.6 is 0 Å². The standard InChI is InChI=1S/C18H22N2O4/c21-15-5-1-3-11-7-13(8-14(11)15)19-17(24)20-9-12-4-2-6-18(12,10-20)16(22)23/h1,3,5,12-13,21H,2,4,6-10H2,(H,19,24)(H,22,23)/t12-,13?,18+/m0/s1. The molecule has 1 aliphatic heterocycles. The molecule has 0 radical (unpaired) electrons. The van der Waals surface area contributed by atoms with Crippen LogP contribution in [0.4, 0.5) is 4.79 Å². The molecule has 3 atom stereocenters. The summed E-state index contributed by atoms with van der Waals surface area (Å²) in [4.78, 5) is 26.0. The number of carboxylic acid groups (broad SMARTS) is 1. The predicted molar refractivity (Wildman–Crippen MR) is 86.8 cm³/mol. The van der Waals surface area contributed by atoms with Crippen LogP contribution in [0.1, 0.15) is 30.4 Å². The van der Waals surface area contributed by atoms with Gasteiger partial charge in [0.2, 0.25) is 0 Å². The second-order valence-corrected chi connectivity index (χ2v) is 7.40. The van der Waals surface area contributed by atoms with Crippen molar-refractivity contribution >= 4 is 12.0 Å². The number of carbonyl (C=O) groups is 2. The van der Waals surface area contributed by atoms with Crippen molar-refractivity contribution in [2.75, 3.05) is 13.1 Å². The molecular weight excluding hydrogens is 308 g/mol. The first kappa shape index (κ1) is 15.3. The summed E-state index contributed by atoms with van der Waals surface area (Å²) in [6.45, 7) is 0.840. The largest absolute Gasteiger partial charge is 0.508 e. The number of amides is 2. The van der Waals surface area contributed by atoms with Gasteiger partial charge in [-0.1, -0.05) is 18.6 Å². The number of benzene rings is 1. The van der Waals surface area contributed by atoms with E-state index < -0.39 is 11.4 Å². The number of carbonyl (C=O) groups excluding carboxylic acids is 1. The van der Waals surface area contributed by atoms with E-state index in [0.29, 0.717) is 32.4 Å². The quantitative estimate of drug-likeness (QED) is 0.771. The molecule has 1 saturated carbocycles. The molecule has 0 aromatic heterocycles. The van der Waals surface area contributed by atoms with Gasteiger partial charge in [-0.15, -0.1) is 0 Å². The Balaban J connectivity index is 1.42. The van der Waals surface area contributed by atoms with Gasteiger partial charge in [0, 0.05) is 19.1 Å². The molecule has 1 heterocycles. The van der Waals surface area contributed by atoms with Crippen LogP contribution in [0.15, 0.2) is 18.2 Å². The highest BCUT2D eigenvalue weighted by atomic mass is 16.4. The topological polar surface area (TPSA) is 89.9 Å². The molecule has 2 aliphatic carbocycles. The fourth-order valence-electron chi connectivity index (χ4n) is 4.79. The number of hydrogen-bond acceptors (Lipinski definition) is 3. The van der Waals surface area contributed by atoms with Gasteiger partial charge in [0.15, 0.2) is 0 Å². The smallest absolute Gasteiger partial charge is 0.317 e. The molecule has 24 heavy (non-hydrogen) atoms. The number of urea groups is 1. The lowest BCUT2D eigenvalue weighted by Crippen LogP contribution is -2.45. The van der Waals surface area contributed by atoms with E-state index in [4.69, 9.17) is 0 Å². The molecule has 1 unspecified atom stereocenters. The number of hydrogen-bond donors (Lipinski definition) is 3. The Labute approximate surface area is 140 Å². The Morgan fingerprint density at radius 3 is 2.83 bits per heavy atom. The Morgan fingerprint density at radius 1 is 1.29 bits per heavy atom. The summed E-state index contributed by atoms with van der Waals surface area (Å²) in [5, 5.41) is 22.6. The first-order chi connectivity index (χ1) is 11.5. The Hall–Kier alpha value is -2.24. The molecule has 2 amide bonds. The SMILES string of the molecule is O=C(NC1Cc2cccc(O)c2C1)N1C[C@@H]2CCC[C@@]2(C(=O)O)C1. The van der Waals surface area contributed by atoms with Gasteiger partial charge in [-0.05, 0) is 48.8 Å². The third-order valence-corrected chi connectivity index (χ3v) is 6.08. The molecular formula is C18H22N2O4. The molecule has 2 fully saturated rings. The van der Waals surface area contributed by atoms with Gasteiger partial charge in [0.05, 0.1) is 5.41 Å². The summed E-state index contributed by atoms with van der Waals surface area (Å²) in [6, 6.07) is 5.24. The van der Waals surface area contributed by atoms with E-state index in [-0.39, 0.29) is 23.7 Å². The van der Waals surface area contributed by atoms with E-state index in [1.807, 2.05) is 12.1 Å². The predicted octanol–water partition coefficient (Wildman–Crippen LogP) is 1.76. The summed E-state index contributed by atoms with van der Waals surface area (Å²) < 4.78 is 0. The van der Waals surface area contributed by atoms with E-state index >= 15 is 0 Å². The Kier molecular flexibility index (Phi) is 3.44. The maximum absolute atomic E-state index is 12.6. The van der Waals surface area contributed by atoms with Crippen molar-refractivity contribution in [2.45, 2.75) is 38.1 Å². The molecule has 3 aliphatic rings. The minimum absolute atomic E-state index is 0.0398. The van der Waals surface area contributed by atoms with Crippen LogP contribution in [0.3, 0.4) is 0 Å². The maximum Gasteiger partial charge on any atom is 0.317 e. The van der Waals surface area contributed by atoms with Crippen LogP contribution in [-0.4, -0.2) is 46.2 Å². The van der Waals surface area contributed by atoms with Crippen molar-refractivity contribution in [2.24, 2.45) is 11.3 Å². The van der Waals surface area contributed by atoms with E-state index in [9.17, 15) is 19.8 Å². The van der Waals surface area contributed by atoms with E-state index in [2.05, 4.69) is 5.32 Å². The number of nitrogens with zero attached hydrogens (tertiary/aromatic N) is 1. The van der Waals surface area contributed by atoms with Gasteiger partial charge in [0.25, 0.3) is 0 Å². The van der Waals surface area contributed by atoms with Crippen LogP contribution < -0.4 is 5.32 Å². The number of nitrogens with one attached hydrogen (secondary N) is 1. The normalized spacial score (nSPS) is 30.9. The highest BCUT2D eigenvalue weighted by molar-refractivity contribution is 5.80. The summed E-state index contributed by atoms with van der Waals surface area (Å²) in [5.74, 6) is -0.408. The zero-order valence-corrected chi connectivity index (χ0v) is 13.5. The molecule has 4 rings (SSSR count). The summed E-state index contributed by atoms with van der Waals surface area (Å²) in [7, 11) is 0. The number of fused-ring (bicyclic) bond motifs is 2. The average Bonchev–Trinajstić information content (AvgIpc) is 3.18. The number of likely N-dealkylation sites (tertiary alicyclic amines) is 1. The highest BCUT2D eigenvalue weighted by Crippen LogP contribution is 2.48. The van der Waals surface area contributed by atoms with Gasteiger partial charge >= 0.3 is 12.0 Å². The zero-order valence-electron chi connectivity index (χ0n) is 13.5. The Morgan fingerprint density at radius 2 is 2.12 bits per heavy atom. The van der Waals surface area contributed by atoms with Crippen LogP contribution in [0, 0.1) is 11.3 Å². The van der Waals surface area contributed by atoms with Gasteiger partial charge in [-0.3, -0.25) is 4.79 Å². The number of carboxylic acids is 1. The van der Waals surface area contributed by atoms with Crippen molar-refractivity contribution in [1.29, 1.82) is 0 Å². The summed E-state index contributed by atoms with van der Waals surface area (Å²) in [6.07, 6.45) is 3.81. The van der Waals surface area contributed by atoms with Gasteiger partial charge in [-0.25, -0.2) is 4.79 Å². The first-order valence-corrected chi connectivity index (χ1v) is 8.58. The van der Waals surface area contributed by atoms with Crippen LogP contribution in [0.25, 0.3) is 0 Å². The second-order valence-electron chi connectivity index (χ2n) is 7.40. The molecule has 1 aromatic carbocycles.